The van der Waals surface area contributed by atoms with E-state index in [4.69, 9.17) is 13.7 Å². The number of benzene rings is 1. The first kappa shape index (κ1) is 19.8. The Morgan fingerprint density at radius 1 is 1.18 bits per heavy atom. The lowest BCUT2D eigenvalue weighted by molar-refractivity contribution is -0.116. The largest absolute Gasteiger partial charge is 0.467 e. The van der Waals surface area contributed by atoms with Crippen LogP contribution in [-0.2, 0) is 34.6 Å². The van der Waals surface area contributed by atoms with Gasteiger partial charge in [-0.2, -0.15) is 4.98 Å². The smallest absolute Gasteiger partial charge is 0.227 e. The summed E-state index contributed by atoms with van der Waals surface area (Å²) in [5, 5.41) is 6.86. The van der Waals surface area contributed by atoms with Gasteiger partial charge >= 0.3 is 0 Å². The zero-order chi connectivity index (χ0) is 20.0. The summed E-state index contributed by atoms with van der Waals surface area (Å²) < 4.78 is 16.1. The third kappa shape index (κ3) is 5.79. The van der Waals surface area contributed by atoms with Crippen molar-refractivity contribution < 1.29 is 18.5 Å². The predicted molar refractivity (Wildman–Crippen MR) is 104 cm³/mol. The molecule has 0 aliphatic carbocycles. The predicted octanol–water partition coefficient (Wildman–Crippen LogP) is 4.25. The second-order valence-electron chi connectivity index (χ2n) is 7.58. The summed E-state index contributed by atoms with van der Waals surface area (Å²) in [7, 11) is 0. The minimum absolute atomic E-state index is 0.107. The van der Waals surface area contributed by atoms with E-state index in [9.17, 15) is 4.79 Å². The van der Waals surface area contributed by atoms with Gasteiger partial charge in [0, 0.05) is 23.9 Å². The summed E-state index contributed by atoms with van der Waals surface area (Å²) in [5.74, 6) is 1.79. The molecule has 3 rings (SSSR count). The summed E-state index contributed by atoms with van der Waals surface area (Å²) in [6.07, 6.45) is 2.29. The molecule has 28 heavy (non-hydrogen) atoms. The molecule has 0 fully saturated rings. The lowest BCUT2D eigenvalue weighted by atomic mass is 9.96. The van der Waals surface area contributed by atoms with Gasteiger partial charge in [0.1, 0.15) is 12.4 Å². The second-order valence-corrected chi connectivity index (χ2v) is 7.58. The molecule has 0 saturated carbocycles. The molecule has 2 heterocycles. The van der Waals surface area contributed by atoms with E-state index >= 15 is 0 Å². The topological polar surface area (TPSA) is 90.4 Å². The van der Waals surface area contributed by atoms with Gasteiger partial charge in [-0.15, -0.1) is 0 Å². The van der Waals surface area contributed by atoms with E-state index in [0.29, 0.717) is 31.3 Å². The lowest BCUT2D eigenvalue weighted by Gasteiger charge is -2.10. The number of hydrogen-bond acceptors (Lipinski definition) is 6. The van der Waals surface area contributed by atoms with Crippen LogP contribution in [0.5, 0.6) is 0 Å². The number of furan rings is 1. The van der Waals surface area contributed by atoms with Crippen molar-refractivity contribution in [3.8, 4) is 0 Å². The Bertz CT molecular complexity index is 895. The third-order valence-electron chi connectivity index (χ3n) is 4.01. The Balaban J connectivity index is 1.46. The van der Waals surface area contributed by atoms with Gasteiger partial charge < -0.3 is 19.0 Å². The van der Waals surface area contributed by atoms with Crippen LogP contribution in [0.2, 0.25) is 0 Å². The summed E-state index contributed by atoms with van der Waals surface area (Å²) in [6, 6.07) is 11.3. The summed E-state index contributed by atoms with van der Waals surface area (Å²) in [6.45, 7) is 6.88. The van der Waals surface area contributed by atoms with Crippen molar-refractivity contribution in [2.24, 2.45) is 0 Å². The minimum Gasteiger partial charge on any atom is -0.467 e. The lowest BCUT2D eigenvalue weighted by Crippen LogP contribution is -2.14. The molecule has 2 aromatic heterocycles. The quantitative estimate of drug-likeness (QED) is 0.625. The molecular formula is C21H25N3O4. The highest BCUT2D eigenvalue weighted by molar-refractivity contribution is 5.90. The SMILES string of the molecule is CC(C)(C)c1noc(CCC(=O)Nc2cccc(COCc3ccco3)c2)n1. The maximum absolute atomic E-state index is 12.2. The van der Waals surface area contributed by atoms with Crippen molar-refractivity contribution in [3.63, 3.8) is 0 Å². The van der Waals surface area contributed by atoms with Gasteiger partial charge in [0.2, 0.25) is 11.8 Å². The number of amides is 1. The van der Waals surface area contributed by atoms with Crippen molar-refractivity contribution >= 4 is 11.6 Å². The number of rotatable bonds is 8. The Morgan fingerprint density at radius 2 is 2.04 bits per heavy atom. The van der Waals surface area contributed by atoms with Gasteiger partial charge in [-0.25, -0.2) is 0 Å². The number of aryl methyl sites for hydroxylation is 1. The van der Waals surface area contributed by atoms with E-state index in [2.05, 4.69) is 15.5 Å². The molecule has 0 saturated heterocycles. The Hall–Kier alpha value is -2.93. The van der Waals surface area contributed by atoms with E-state index in [1.807, 2.05) is 57.2 Å². The number of carbonyl (C=O) groups is 1. The Kier molecular flexibility index (Phi) is 6.26. The molecular weight excluding hydrogens is 358 g/mol. The van der Waals surface area contributed by atoms with E-state index in [1.54, 1.807) is 6.26 Å². The second kappa shape index (κ2) is 8.84. The molecule has 0 aliphatic heterocycles. The van der Waals surface area contributed by atoms with Crippen LogP contribution >= 0.6 is 0 Å². The maximum atomic E-state index is 12.2. The highest BCUT2D eigenvalue weighted by Crippen LogP contribution is 2.19. The molecule has 1 amide bonds. The molecule has 3 aromatic rings. The van der Waals surface area contributed by atoms with Crippen LogP contribution in [-0.4, -0.2) is 16.0 Å². The average Bonchev–Trinajstić information content (AvgIpc) is 3.32. The fourth-order valence-electron chi connectivity index (χ4n) is 2.51. The van der Waals surface area contributed by atoms with Crippen molar-refractivity contribution in [1.29, 1.82) is 0 Å². The van der Waals surface area contributed by atoms with E-state index in [-0.39, 0.29) is 17.7 Å². The van der Waals surface area contributed by atoms with Crippen LogP contribution in [0.3, 0.4) is 0 Å². The first-order chi connectivity index (χ1) is 13.4. The first-order valence-corrected chi connectivity index (χ1v) is 9.22. The van der Waals surface area contributed by atoms with Crippen LogP contribution in [0.25, 0.3) is 0 Å². The van der Waals surface area contributed by atoms with Gasteiger partial charge in [-0.1, -0.05) is 38.1 Å². The van der Waals surface area contributed by atoms with Crippen molar-refractivity contribution in [2.45, 2.75) is 52.2 Å². The zero-order valence-corrected chi connectivity index (χ0v) is 16.4. The molecule has 0 spiro atoms. The Labute approximate surface area is 164 Å². The van der Waals surface area contributed by atoms with Crippen LogP contribution < -0.4 is 5.32 Å². The molecule has 7 nitrogen and oxygen atoms in total. The summed E-state index contributed by atoms with van der Waals surface area (Å²) in [5.41, 5.74) is 1.52. The van der Waals surface area contributed by atoms with Crippen molar-refractivity contribution in [2.75, 3.05) is 5.32 Å². The minimum atomic E-state index is -0.177. The molecule has 0 unspecified atom stereocenters. The number of aromatic nitrogens is 2. The standard InChI is InChI=1S/C21H25N3O4/c1-21(2,3)20-23-19(28-24-20)10-9-18(25)22-16-7-4-6-15(12-16)13-26-14-17-8-5-11-27-17/h4-8,11-12H,9-10,13-14H2,1-3H3,(H,22,25). The highest BCUT2D eigenvalue weighted by Gasteiger charge is 2.21. The molecule has 1 aromatic carbocycles. The maximum Gasteiger partial charge on any atom is 0.227 e. The molecule has 0 bridgehead atoms. The fourth-order valence-corrected chi connectivity index (χ4v) is 2.51. The number of hydrogen-bond donors (Lipinski definition) is 1. The van der Waals surface area contributed by atoms with Gasteiger partial charge in [0.05, 0.1) is 12.9 Å². The third-order valence-corrected chi connectivity index (χ3v) is 4.01. The molecule has 148 valence electrons. The van der Waals surface area contributed by atoms with E-state index in [0.717, 1.165) is 17.0 Å². The molecule has 1 N–H and O–H groups in total. The normalized spacial score (nSPS) is 11.5. The number of nitrogens with one attached hydrogen (secondary N) is 1. The number of ether oxygens (including phenoxy) is 1. The monoisotopic (exact) mass is 383 g/mol. The van der Waals surface area contributed by atoms with E-state index < -0.39 is 0 Å². The average molecular weight is 383 g/mol. The van der Waals surface area contributed by atoms with Gasteiger partial charge in [0.15, 0.2) is 5.82 Å². The number of anilines is 1. The first-order valence-electron chi connectivity index (χ1n) is 9.22. The molecule has 0 atom stereocenters. The fraction of sp³-hybridized carbons (Fsp3) is 0.381. The zero-order valence-electron chi connectivity index (χ0n) is 16.4. The summed E-state index contributed by atoms with van der Waals surface area (Å²) in [4.78, 5) is 16.6. The number of nitrogens with zero attached hydrogens (tertiary/aromatic N) is 2. The van der Waals surface area contributed by atoms with Crippen LogP contribution in [0, 0.1) is 0 Å². The van der Waals surface area contributed by atoms with Crippen LogP contribution in [0.15, 0.2) is 51.6 Å². The van der Waals surface area contributed by atoms with Crippen LogP contribution in [0.4, 0.5) is 5.69 Å². The van der Waals surface area contributed by atoms with Gasteiger partial charge in [-0.3, -0.25) is 4.79 Å². The van der Waals surface area contributed by atoms with E-state index in [1.165, 1.54) is 0 Å². The summed E-state index contributed by atoms with van der Waals surface area (Å²) >= 11 is 0. The molecule has 0 aliphatic rings. The van der Waals surface area contributed by atoms with Crippen molar-refractivity contribution in [3.05, 3.63) is 65.7 Å². The Morgan fingerprint density at radius 3 is 2.75 bits per heavy atom. The van der Waals surface area contributed by atoms with Crippen LogP contribution in [0.1, 0.15) is 50.2 Å². The highest BCUT2D eigenvalue weighted by atomic mass is 16.5. The molecule has 7 heteroatoms. The van der Waals surface area contributed by atoms with Gasteiger partial charge in [0.25, 0.3) is 0 Å². The van der Waals surface area contributed by atoms with Gasteiger partial charge in [-0.05, 0) is 29.8 Å². The molecule has 0 radical (unpaired) electrons. The number of carbonyl (C=O) groups excluding carboxylic acids is 1. The van der Waals surface area contributed by atoms with Crippen molar-refractivity contribution in [1.82, 2.24) is 10.1 Å².